The minimum Gasteiger partial charge on any atom is -0.367 e. The highest BCUT2D eigenvalue weighted by atomic mass is 16.1. The van der Waals surface area contributed by atoms with Crippen molar-refractivity contribution >= 4 is 11.6 Å². The van der Waals surface area contributed by atoms with Crippen molar-refractivity contribution in [2.45, 2.75) is 52.1 Å². The van der Waals surface area contributed by atoms with Crippen molar-refractivity contribution < 1.29 is 4.79 Å². The summed E-state index contributed by atoms with van der Waals surface area (Å²) in [5, 5.41) is 3.58. The molecule has 4 heteroatoms. The van der Waals surface area contributed by atoms with Crippen molar-refractivity contribution in [3.63, 3.8) is 0 Å². The number of anilines is 1. The average molecular weight is 289 g/mol. The van der Waals surface area contributed by atoms with Gasteiger partial charge < -0.3 is 16.0 Å². The number of hydrogen-bond acceptors (Lipinski definition) is 3. The van der Waals surface area contributed by atoms with Crippen LogP contribution in [-0.2, 0) is 0 Å². The average Bonchev–Trinajstić information content (AvgIpc) is 2.45. The van der Waals surface area contributed by atoms with E-state index in [0.717, 1.165) is 24.3 Å². The number of primary amides is 1. The molecule has 0 aliphatic carbocycles. The van der Waals surface area contributed by atoms with Crippen molar-refractivity contribution in [3.8, 4) is 0 Å². The normalized spacial score (nSPS) is 18.8. The van der Waals surface area contributed by atoms with Gasteiger partial charge in [-0.3, -0.25) is 4.79 Å². The predicted octanol–water partition coefficient (Wildman–Crippen LogP) is 2.45. The third kappa shape index (κ3) is 3.97. The van der Waals surface area contributed by atoms with E-state index in [4.69, 9.17) is 5.73 Å². The van der Waals surface area contributed by atoms with Gasteiger partial charge in [-0.2, -0.15) is 0 Å². The first-order valence-electron chi connectivity index (χ1n) is 7.89. The van der Waals surface area contributed by atoms with Crippen LogP contribution in [0.1, 0.15) is 49.0 Å². The van der Waals surface area contributed by atoms with Crippen LogP contribution in [0.15, 0.2) is 18.2 Å². The lowest BCUT2D eigenvalue weighted by molar-refractivity contribution is 0.100. The molecular weight excluding hydrogens is 262 g/mol. The molecule has 0 saturated carbocycles. The Labute approximate surface area is 127 Å². The molecule has 1 saturated heterocycles. The molecule has 4 nitrogen and oxygen atoms in total. The van der Waals surface area contributed by atoms with Crippen LogP contribution in [0.25, 0.3) is 0 Å². The summed E-state index contributed by atoms with van der Waals surface area (Å²) in [4.78, 5) is 14.0. The van der Waals surface area contributed by atoms with E-state index in [1.165, 1.54) is 19.3 Å². The molecule has 1 aliphatic heterocycles. The first kappa shape index (κ1) is 15.8. The van der Waals surface area contributed by atoms with E-state index in [-0.39, 0.29) is 5.91 Å². The molecule has 1 fully saturated rings. The van der Waals surface area contributed by atoms with Crippen molar-refractivity contribution in [1.82, 2.24) is 5.32 Å². The van der Waals surface area contributed by atoms with Crippen LogP contribution >= 0.6 is 0 Å². The summed E-state index contributed by atoms with van der Waals surface area (Å²) in [6.45, 7) is 8.38. The van der Waals surface area contributed by atoms with Gasteiger partial charge in [0.05, 0.1) is 11.3 Å². The lowest BCUT2D eigenvalue weighted by Crippen LogP contribution is -2.46. The van der Waals surface area contributed by atoms with Gasteiger partial charge in [-0.1, -0.05) is 12.5 Å². The number of nitrogens with one attached hydrogen (secondary N) is 1. The Kier molecular flexibility index (Phi) is 5.23. The van der Waals surface area contributed by atoms with Gasteiger partial charge in [-0.25, -0.2) is 0 Å². The van der Waals surface area contributed by atoms with Crippen LogP contribution in [0, 0.1) is 6.92 Å². The van der Waals surface area contributed by atoms with Crippen LogP contribution in [0.2, 0.25) is 0 Å². The largest absolute Gasteiger partial charge is 0.367 e. The number of rotatable bonds is 5. The highest BCUT2D eigenvalue weighted by molar-refractivity contribution is 5.98. The molecule has 0 radical (unpaired) electrons. The zero-order chi connectivity index (χ0) is 15.4. The third-order valence-corrected chi connectivity index (χ3v) is 4.18. The summed E-state index contributed by atoms with van der Waals surface area (Å²) >= 11 is 0. The van der Waals surface area contributed by atoms with E-state index < -0.39 is 0 Å². The van der Waals surface area contributed by atoms with Gasteiger partial charge in [0.2, 0.25) is 0 Å². The number of carbonyl (C=O) groups is 1. The number of aryl methyl sites for hydroxylation is 1. The molecule has 1 heterocycles. The fraction of sp³-hybridized carbons (Fsp3) is 0.588. The topological polar surface area (TPSA) is 58.4 Å². The molecule has 2 rings (SSSR count). The lowest BCUT2D eigenvalue weighted by atomic mass is 10.0. The molecule has 116 valence electrons. The summed E-state index contributed by atoms with van der Waals surface area (Å²) < 4.78 is 0. The number of amides is 1. The highest BCUT2D eigenvalue weighted by Gasteiger charge is 2.22. The Morgan fingerprint density at radius 3 is 2.76 bits per heavy atom. The van der Waals surface area contributed by atoms with Gasteiger partial charge in [-0.15, -0.1) is 0 Å². The van der Waals surface area contributed by atoms with E-state index in [9.17, 15) is 4.79 Å². The molecule has 0 aromatic heterocycles. The quantitative estimate of drug-likeness (QED) is 0.875. The van der Waals surface area contributed by atoms with Gasteiger partial charge in [-0.05, 0) is 57.9 Å². The number of hydrogen-bond donors (Lipinski definition) is 2. The van der Waals surface area contributed by atoms with Gasteiger partial charge in [0.25, 0.3) is 5.91 Å². The second-order valence-electron chi connectivity index (χ2n) is 6.28. The second kappa shape index (κ2) is 6.94. The third-order valence-electron chi connectivity index (χ3n) is 4.18. The minimum absolute atomic E-state index is 0.327. The number of benzene rings is 1. The Hall–Kier alpha value is -1.55. The molecule has 1 aromatic rings. The van der Waals surface area contributed by atoms with Crippen LogP contribution in [0.3, 0.4) is 0 Å². The Morgan fingerprint density at radius 2 is 2.19 bits per heavy atom. The van der Waals surface area contributed by atoms with Gasteiger partial charge in [0, 0.05) is 18.6 Å². The Morgan fingerprint density at radius 1 is 1.43 bits per heavy atom. The monoisotopic (exact) mass is 289 g/mol. The molecule has 1 aromatic carbocycles. The number of nitrogens with two attached hydrogens (primary N) is 1. The molecule has 0 bridgehead atoms. The van der Waals surface area contributed by atoms with Crippen molar-refractivity contribution in [2.75, 3.05) is 18.0 Å². The summed E-state index contributed by atoms with van der Waals surface area (Å²) in [6, 6.07) is 6.68. The molecule has 1 atom stereocenters. The van der Waals surface area contributed by atoms with Gasteiger partial charge in [0.1, 0.15) is 0 Å². The zero-order valence-electron chi connectivity index (χ0n) is 13.4. The van der Waals surface area contributed by atoms with Crippen LogP contribution in [-0.4, -0.2) is 31.1 Å². The zero-order valence-corrected chi connectivity index (χ0v) is 13.4. The first-order valence-corrected chi connectivity index (χ1v) is 7.89. The molecule has 1 aliphatic rings. The Bertz CT molecular complexity index is 493. The summed E-state index contributed by atoms with van der Waals surface area (Å²) in [5.74, 6) is -0.354. The lowest BCUT2D eigenvalue weighted by Gasteiger charge is -2.36. The minimum atomic E-state index is -0.354. The fourth-order valence-corrected chi connectivity index (χ4v) is 2.99. The van der Waals surface area contributed by atoms with Crippen LogP contribution < -0.4 is 16.0 Å². The molecule has 1 unspecified atom stereocenters. The molecular formula is C17H27N3O. The van der Waals surface area contributed by atoms with E-state index in [1.807, 2.05) is 19.1 Å². The summed E-state index contributed by atoms with van der Waals surface area (Å²) in [5.41, 5.74) is 8.28. The van der Waals surface area contributed by atoms with E-state index in [2.05, 4.69) is 30.1 Å². The standard InChI is InChI=1S/C17H27N3O/c1-12(2)20(11-14-6-4-5-9-19-14)16-10-13(3)7-8-15(16)17(18)21/h7-8,10,12,14,19H,4-6,9,11H2,1-3H3,(H2,18,21). The fourth-order valence-electron chi connectivity index (χ4n) is 2.99. The SMILES string of the molecule is Cc1ccc(C(N)=O)c(N(CC2CCCCN2)C(C)C)c1. The molecule has 21 heavy (non-hydrogen) atoms. The van der Waals surface area contributed by atoms with Crippen LogP contribution in [0.4, 0.5) is 5.69 Å². The number of piperidine rings is 1. The van der Waals surface area contributed by atoms with E-state index in [1.54, 1.807) is 0 Å². The highest BCUT2D eigenvalue weighted by Crippen LogP contribution is 2.25. The number of carbonyl (C=O) groups excluding carboxylic acids is 1. The molecule has 3 N–H and O–H groups in total. The maximum atomic E-state index is 11.7. The van der Waals surface area contributed by atoms with Crippen LogP contribution in [0.5, 0.6) is 0 Å². The maximum absolute atomic E-state index is 11.7. The van der Waals surface area contributed by atoms with Crippen molar-refractivity contribution in [2.24, 2.45) is 5.73 Å². The van der Waals surface area contributed by atoms with Gasteiger partial charge >= 0.3 is 0 Å². The Balaban J connectivity index is 2.28. The van der Waals surface area contributed by atoms with E-state index >= 15 is 0 Å². The predicted molar refractivity (Wildman–Crippen MR) is 87.8 cm³/mol. The van der Waals surface area contributed by atoms with Gasteiger partial charge in [0.15, 0.2) is 0 Å². The van der Waals surface area contributed by atoms with E-state index in [0.29, 0.717) is 17.6 Å². The first-order chi connectivity index (χ1) is 9.99. The second-order valence-corrected chi connectivity index (χ2v) is 6.28. The molecule has 0 spiro atoms. The van der Waals surface area contributed by atoms with Crippen molar-refractivity contribution in [3.05, 3.63) is 29.3 Å². The summed E-state index contributed by atoms with van der Waals surface area (Å²) in [7, 11) is 0. The maximum Gasteiger partial charge on any atom is 0.250 e. The van der Waals surface area contributed by atoms with Crippen molar-refractivity contribution in [1.29, 1.82) is 0 Å². The smallest absolute Gasteiger partial charge is 0.250 e. The molecule has 1 amide bonds. The summed E-state index contributed by atoms with van der Waals surface area (Å²) in [6.07, 6.45) is 3.73. The number of nitrogens with zero attached hydrogens (tertiary/aromatic N) is 1.